The van der Waals surface area contributed by atoms with Crippen molar-refractivity contribution in [3.05, 3.63) is 35.2 Å². The van der Waals surface area contributed by atoms with Gasteiger partial charge >= 0.3 is 0 Å². The number of nitrogens with one attached hydrogen (secondary N) is 1. The highest BCUT2D eigenvalue weighted by molar-refractivity contribution is 5.77. The van der Waals surface area contributed by atoms with E-state index in [2.05, 4.69) is 43.2 Å². The van der Waals surface area contributed by atoms with Crippen molar-refractivity contribution in [1.82, 2.24) is 15.3 Å². The molecular formula is C18H23N3. The van der Waals surface area contributed by atoms with Gasteiger partial charge in [-0.1, -0.05) is 20.8 Å². The van der Waals surface area contributed by atoms with E-state index in [4.69, 9.17) is 4.98 Å². The fourth-order valence-corrected chi connectivity index (χ4v) is 4.36. The van der Waals surface area contributed by atoms with Crippen molar-refractivity contribution in [3.63, 3.8) is 0 Å². The second-order valence-corrected chi connectivity index (χ2v) is 7.52. The van der Waals surface area contributed by atoms with E-state index in [0.717, 1.165) is 29.7 Å². The van der Waals surface area contributed by atoms with Crippen LogP contribution >= 0.6 is 0 Å². The third kappa shape index (κ3) is 1.64. The van der Waals surface area contributed by atoms with Crippen molar-refractivity contribution < 1.29 is 0 Å². The van der Waals surface area contributed by atoms with Gasteiger partial charge in [-0.2, -0.15) is 0 Å². The lowest BCUT2D eigenvalue weighted by Gasteiger charge is -2.57. The van der Waals surface area contributed by atoms with Crippen LogP contribution in [0.4, 0.5) is 0 Å². The molecule has 2 atom stereocenters. The molecule has 1 saturated heterocycles. The minimum absolute atomic E-state index is 0.218. The molecule has 0 unspecified atom stereocenters. The third-order valence-corrected chi connectivity index (χ3v) is 6.22. The zero-order valence-electron chi connectivity index (χ0n) is 13.3. The Labute approximate surface area is 126 Å². The van der Waals surface area contributed by atoms with Crippen LogP contribution < -0.4 is 5.32 Å². The van der Waals surface area contributed by atoms with E-state index in [-0.39, 0.29) is 10.8 Å². The average molecular weight is 281 g/mol. The molecule has 21 heavy (non-hydrogen) atoms. The molecule has 2 aromatic rings. The lowest BCUT2D eigenvalue weighted by atomic mass is 9.51. The zero-order valence-corrected chi connectivity index (χ0v) is 13.3. The molecular weight excluding hydrogens is 258 g/mol. The lowest BCUT2D eigenvalue weighted by molar-refractivity contribution is 0.0561. The van der Waals surface area contributed by atoms with Crippen LogP contribution in [0.1, 0.15) is 44.0 Å². The SMILES string of the molecule is Cc1cnc2cc3c(cc2n1)[C@]1(C)CCN[C@H](C3)C1(C)C. The molecule has 0 saturated carbocycles. The molecule has 1 aliphatic heterocycles. The summed E-state index contributed by atoms with van der Waals surface area (Å²) in [6.45, 7) is 10.4. The molecule has 0 spiro atoms. The highest BCUT2D eigenvalue weighted by Gasteiger charge is 2.53. The summed E-state index contributed by atoms with van der Waals surface area (Å²) in [6, 6.07) is 5.14. The highest BCUT2D eigenvalue weighted by atomic mass is 15.0. The van der Waals surface area contributed by atoms with Gasteiger partial charge in [0.15, 0.2) is 0 Å². The first kappa shape index (κ1) is 13.2. The summed E-state index contributed by atoms with van der Waals surface area (Å²) in [5.41, 5.74) is 6.51. The fourth-order valence-electron chi connectivity index (χ4n) is 4.36. The van der Waals surface area contributed by atoms with E-state index >= 15 is 0 Å². The Morgan fingerprint density at radius 3 is 2.81 bits per heavy atom. The summed E-state index contributed by atoms with van der Waals surface area (Å²) in [5.74, 6) is 0. The van der Waals surface area contributed by atoms with Crippen molar-refractivity contribution in [3.8, 4) is 0 Å². The number of hydrogen-bond donors (Lipinski definition) is 1. The molecule has 110 valence electrons. The van der Waals surface area contributed by atoms with Crippen LogP contribution in [0.2, 0.25) is 0 Å². The van der Waals surface area contributed by atoms with Crippen molar-refractivity contribution in [2.45, 2.75) is 52.0 Å². The standard InChI is InChI=1S/C18H23N3/c1-11-10-20-14-7-12-8-16-17(2,3)18(4,5-6-19-16)13(12)9-15(14)21-11/h7,9-10,16,19H,5-6,8H2,1-4H3/t16-,18+/m1/s1. The molecule has 3 heteroatoms. The quantitative estimate of drug-likeness (QED) is 0.806. The number of benzene rings is 1. The van der Waals surface area contributed by atoms with Crippen LogP contribution in [0.3, 0.4) is 0 Å². The second kappa shape index (κ2) is 4.04. The molecule has 1 aliphatic carbocycles. The van der Waals surface area contributed by atoms with Crippen LogP contribution in [0, 0.1) is 12.3 Å². The number of rotatable bonds is 0. The lowest BCUT2D eigenvalue weighted by Crippen LogP contribution is -2.62. The highest BCUT2D eigenvalue weighted by Crippen LogP contribution is 2.53. The Hall–Kier alpha value is -1.48. The number of nitrogens with zero attached hydrogens (tertiary/aromatic N) is 2. The molecule has 4 rings (SSSR count). The Balaban J connectivity index is 2.01. The van der Waals surface area contributed by atoms with Crippen LogP contribution in [0.15, 0.2) is 18.3 Å². The van der Waals surface area contributed by atoms with Gasteiger partial charge in [-0.3, -0.25) is 4.98 Å². The maximum absolute atomic E-state index is 4.69. The van der Waals surface area contributed by atoms with Gasteiger partial charge in [0.05, 0.1) is 16.7 Å². The maximum atomic E-state index is 4.69. The molecule has 0 radical (unpaired) electrons. The molecule has 0 amide bonds. The summed E-state index contributed by atoms with van der Waals surface area (Å²) >= 11 is 0. The van der Waals surface area contributed by atoms with Gasteiger partial charge < -0.3 is 5.32 Å². The summed E-state index contributed by atoms with van der Waals surface area (Å²) in [4.78, 5) is 9.25. The first-order chi connectivity index (χ1) is 9.92. The molecule has 1 fully saturated rings. The number of aromatic nitrogens is 2. The predicted octanol–water partition coefficient (Wildman–Crippen LogP) is 3.14. The first-order valence-electron chi connectivity index (χ1n) is 7.92. The van der Waals surface area contributed by atoms with Crippen LogP contribution in [0.5, 0.6) is 0 Å². The predicted molar refractivity (Wildman–Crippen MR) is 85.5 cm³/mol. The van der Waals surface area contributed by atoms with Gasteiger partial charge in [0.1, 0.15) is 0 Å². The van der Waals surface area contributed by atoms with Gasteiger partial charge in [0, 0.05) is 17.7 Å². The van der Waals surface area contributed by atoms with E-state index in [9.17, 15) is 0 Å². The Bertz CT molecular complexity index is 735. The Kier molecular flexibility index (Phi) is 2.54. The molecule has 1 aromatic carbocycles. The van der Waals surface area contributed by atoms with E-state index in [0.29, 0.717) is 6.04 Å². The first-order valence-corrected chi connectivity index (χ1v) is 7.92. The monoisotopic (exact) mass is 281 g/mol. The molecule has 1 N–H and O–H groups in total. The minimum Gasteiger partial charge on any atom is -0.313 e. The number of hydrogen-bond acceptors (Lipinski definition) is 3. The summed E-state index contributed by atoms with van der Waals surface area (Å²) in [7, 11) is 0. The number of aryl methyl sites for hydroxylation is 1. The molecule has 1 aromatic heterocycles. The fraction of sp³-hybridized carbons (Fsp3) is 0.556. The number of piperidine rings is 1. The Morgan fingerprint density at radius 1 is 1.19 bits per heavy atom. The van der Waals surface area contributed by atoms with Crippen LogP contribution in [-0.2, 0) is 11.8 Å². The van der Waals surface area contributed by atoms with Gasteiger partial charge in [-0.25, -0.2) is 4.98 Å². The van der Waals surface area contributed by atoms with E-state index in [1.54, 1.807) is 0 Å². The van der Waals surface area contributed by atoms with Crippen molar-refractivity contribution in [2.75, 3.05) is 6.54 Å². The zero-order chi connectivity index (χ0) is 14.8. The average Bonchev–Trinajstić information content (AvgIpc) is 2.42. The minimum atomic E-state index is 0.218. The smallest absolute Gasteiger partial charge is 0.0893 e. The van der Waals surface area contributed by atoms with E-state index < -0.39 is 0 Å². The summed E-state index contributed by atoms with van der Waals surface area (Å²) in [6.07, 6.45) is 4.15. The van der Waals surface area contributed by atoms with Gasteiger partial charge in [0.2, 0.25) is 0 Å². The van der Waals surface area contributed by atoms with E-state index in [1.807, 2.05) is 13.1 Å². The van der Waals surface area contributed by atoms with Crippen LogP contribution in [0.25, 0.3) is 11.0 Å². The topological polar surface area (TPSA) is 37.8 Å². The largest absolute Gasteiger partial charge is 0.313 e. The number of fused-ring (bicyclic) bond motifs is 5. The summed E-state index contributed by atoms with van der Waals surface area (Å²) < 4.78 is 0. The van der Waals surface area contributed by atoms with Crippen molar-refractivity contribution in [2.24, 2.45) is 5.41 Å². The van der Waals surface area contributed by atoms with Crippen molar-refractivity contribution in [1.29, 1.82) is 0 Å². The van der Waals surface area contributed by atoms with Gasteiger partial charge in [0.25, 0.3) is 0 Å². The molecule has 2 aliphatic rings. The second-order valence-electron chi connectivity index (χ2n) is 7.52. The molecule has 2 bridgehead atoms. The third-order valence-electron chi connectivity index (χ3n) is 6.22. The van der Waals surface area contributed by atoms with E-state index in [1.165, 1.54) is 17.5 Å². The maximum Gasteiger partial charge on any atom is 0.0893 e. The normalized spacial score (nSPS) is 30.2. The molecule has 3 nitrogen and oxygen atoms in total. The summed E-state index contributed by atoms with van der Waals surface area (Å²) in [5, 5.41) is 3.73. The van der Waals surface area contributed by atoms with Crippen LogP contribution in [-0.4, -0.2) is 22.6 Å². The Morgan fingerprint density at radius 2 is 2.00 bits per heavy atom. The van der Waals surface area contributed by atoms with Gasteiger partial charge in [-0.05, 0) is 55.0 Å². The molecule has 2 heterocycles. The van der Waals surface area contributed by atoms with Gasteiger partial charge in [-0.15, -0.1) is 0 Å². The van der Waals surface area contributed by atoms with Crippen molar-refractivity contribution >= 4 is 11.0 Å².